The van der Waals surface area contributed by atoms with Crippen LogP contribution in [0.4, 0.5) is 5.82 Å². The van der Waals surface area contributed by atoms with Gasteiger partial charge in [0.1, 0.15) is 36.8 Å². The number of ketones is 1. The van der Waals surface area contributed by atoms with Gasteiger partial charge < -0.3 is 25.4 Å². The number of aliphatic hydroxyl groups excluding tert-OH is 2. The summed E-state index contributed by atoms with van der Waals surface area (Å²) >= 11 is 0. The first-order chi connectivity index (χ1) is 12.6. The van der Waals surface area contributed by atoms with E-state index in [9.17, 15) is 19.8 Å². The van der Waals surface area contributed by atoms with Crippen LogP contribution in [0.3, 0.4) is 0 Å². The summed E-state index contributed by atoms with van der Waals surface area (Å²) in [4.78, 5) is 35.7. The van der Waals surface area contributed by atoms with Crippen molar-refractivity contribution in [2.75, 3.05) is 12.3 Å². The van der Waals surface area contributed by atoms with E-state index < -0.39 is 41.7 Å². The Hall–Kier alpha value is -2.63. The summed E-state index contributed by atoms with van der Waals surface area (Å²) in [6.07, 6.45) is -2.14. The van der Waals surface area contributed by atoms with Crippen molar-refractivity contribution in [3.63, 3.8) is 0 Å². The molecule has 3 heterocycles. The normalized spacial score (nSPS) is 25.7. The minimum absolute atomic E-state index is 0.165. The second-order valence-electron chi connectivity index (χ2n) is 7.31. The van der Waals surface area contributed by atoms with Crippen molar-refractivity contribution in [1.82, 2.24) is 19.5 Å². The third kappa shape index (κ3) is 3.48. The van der Waals surface area contributed by atoms with Gasteiger partial charge in [0.05, 0.1) is 6.33 Å². The fourth-order valence-electron chi connectivity index (χ4n) is 2.68. The predicted octanol–water partition coefficient (Wildman–Crippen LogP) is -0.814. The van der Waals surface area contributed by atoms with Crippen LogP contribution < -0.4 is 5.73 Å². The number of nitrogen functional groups attached to an aromatic ring is 1. The van der Waals surface area contributed by atoms with Gasteiger partial charge in [0, 0.05) is 5.41 Å². The summed E-state index contributed by atoms with van der Waals surface area (Å²) in [6.45, 7) is 4.39. The molecule has 1 aliphatic heterocycles. The number of aromatic nitrogens is 4. The van der Waals surface area contributed by atoms with Gasteiger partial charge >= 0.3 is 5.97 Å². The van der Waals surface area contributed by atoms with Crippen LogP contribution in [0.1, 0.15) is 27.0 Å². The molecule has 0 unspecified atom stereocenters. The number of ether oxygens (including phenoxy) is 2. The minimum atomic E-state index is -1.34. The maximum absolute atomic E-state index is 11.9. The smallest absolute Gasteiger partial charge is 0.375 e. The Morgan fingerprint density at radius 1 is 1.26 bits per heavy atom. The number of anilines is 1. The number of hydrogen-bond donors (Lipinski definition) is 3. The zero-order chi connectivity index (χ0) is 19.9. The van der Waals surface area contributed by atoms with Crippen molar-refractivity contribution in [1.29, 1.82) is 0 Å². The minimum Gasteiger partial charge on any atom is -0.457 e. The molecular weight excluding hydrogens is 358 g/mol. The summed E-state index contributed by atoms with van der Waals surface area (Å²) < 4.78 is 12.0. The van der Waals surface area contributed by atoms with Crippen molar-refractivity contribution in [3.8, 4) is 0 Å². The van der Waals surface area contributed by atoms with E-state index >= 15 is 0 Å². The molecule has 1 aliphatic rings. The number of carbonyl (C=O) groups is 2. The monoisotopic (exact) mass is 379 g/mol. The predicted molar refractivity (Wildman–Crippen MR) is 91.1 cm³/mol. The highest BCUT2D eigenvalue weighted by Crippen LogP contribution is 2.32. The molecule has 1 saturated heterocycles. The first-order valence-electron chi connectivity index (χ1n) is 8.27. The molecule has 0 amide bonds. The fraction of sp³-hybridized carbons (Fsp3) is 0.562. The second kappa shape index (κ2) is 6.83. The molecular formula is C16H21N5O6. The van der Waals surface area contributed by atoms with Gasteiger partial charge in [0.2, 0.25) is 5.78 Å². The third-order valence-corrected chi connectivity index (χ3v) is 4.24. The summed E-state index contributed by atoms with van der Waals surface area (Å²) in [5, 5.41) is 20.5. The molecule has 2 aromatic heterocycles. The molecule has 3 rings (SSSR count). The van der Waals surface area contributed by atoms with Crippen molar-refractivity contribution in [3.05, 3.63) is 12.7 Å². The van der Waals surface area contributed by atoms with Gasteiger partial charge in [-0.05, 0) is 0 Å². The van der Waals surface area contributed by atoms with E-state index in [1.807, 2.05) is 0 Å². The molecule has 27 heavy (non-hydrogen) atoms. The molecule has 0 radical (unpaired) electrons. The summed E-state index contributed by atoms with van der Waals surface area (Å²) in [5.41, 5.74) is 5.49. The van der Waals surface area contributed by atoms with Gasteiger partial charge in [-0.25, -0.2) is 19.7 Å². The molecule has 0 aliphatic carbocycles. The van der Waals surface area contributed by atoms with E-state index in [1.54, 1.807) is 20.8 Å². The number of aliphatic hydroxyl groups is 2. The number of nitrogens with zero attached hydrogens (tertiary/aromatic N) is 4. The average molecular weight is 379 g/mol. The van der Waals surface area contributed by atoms with E-state index in [0.29, 0.717) is 11.2 Å². The Kier molecular flexibility index (Phi) is 4.84. The lowest BCUT2D eigenvalue weighted by molar-refractivity contribution is -0.161. The van der Waals surface area contributed by atoms with Crippen LogP contribution in [0.15, 0.2) is 12.7 Å². The first kappa shape index (κ1) is 19.1. The fourth-order valence-corrected chi connectivity index (χ4v) is 2.68. The molecule has 0 bridgehead atoms. The number of imidazole rings is 1. The van der Waals surface area contributed by atoms with Crippen molar-refractivity contribution in [2.45, 2.75) is 45.3 Å². The molecule has 4 atom stereocenters. The highest BCUT2D eigenvalue weighted by Gasteiger charge is 2.45. The van der Waals surface area contributed by atoms with Gasteiger partial charge in [0.25, 0.3) is 0 Å². The molecule has 2 aromatic rings. The van der Waals surface area contributed by atoms with Gasteiger partial charge in [0.15, 0.2) is 17.7 Å². The summed E-state index contributed by atoms with van der Waals surface area (Å²) in [6, 6.07) is 0. The van der Waals surface area contributed by atoms with Gasteiger partial charge in [-0.15, -0.1) is 0 Å². The van der Waals surface area contributed by atoms with Crippen LogP contribution in [0, 0.1) is 5.41 Å². The highest BCUT2D eigenvalue weighted by molar-refractivity contribution is 6.35. The van der Waals surface area contributed by atoms with Crippen LogP contribution in [0.5, 0.6) is 0 Å². The second-order valence-corrected chi connectivity index (χ2v) is 7.31. The molecule has 0 saturated carbocycles. The Balaban J connectivity index is 1.73. The Morgan fingerprint density at radius 2 is 1.96 bits per heavy atom. The summed E-state index contributed by atoms with van der Waals surface area (Å²) in [7, 11) is 0. The number of esters is 1. The van der Waals surface area contributed by atoms with Gasteiger partial charge in [-0.1, -0.05) is 20.8 Å². The molecule has 0 spiro atoms. The average Bonchev–Trinajstić information content (AvgIpc) is 3.15. The number of carbonyl (C=O) groups excluding carboxylic acids is 2. The number of fused-ring (bicyclic) bond motifs is 1. The summed E-state index contributed by atoms with van der Waals surface area (Å²) in [5.74, 6) is -1.55. The van der Waals surface area contributed by atoms with Gasteiger partial charge in [-0.2, -0.15) is 0 Å². The van der Waals surface area contributed by atoms with Gasteiger partial charge in [-0.3, -0.25) is 9.36 Å². The Labute approximate surface area is 154 Å². The molecule has 1 fully saturated rings. The lowest BCUT2D eigenvalue weighted by atomic mass is 9.91. The van der Waals surface area contributed by atoms with Crippen LogP contribution in [0.2, 0.25) is 0 Å². The van der Waals surface area contributed by atoms with E-state index in [4.69, 9.17) is 15.2 Å². The standard InChI is InChI=1S/C16H21N5O6/c1-16(2,3)11(24)15(25)26-4-7-9(22)10(23)14(27-7)21-6-20-8-12(17)18-5-19-13(8)21/h5-7,9-10,14,22-23H,4H2,1-3H3,(H2,17,18,19)/t7-,9-,10-,14-/m1/s1. The van der Waals surface area contributed by atoms with E-state index in [0.717, 1.165) is 0 Å². The highest BCUT2D eigenvalue weighted by atomic mass is 16.6. The Morgan fingerprint density at radius 3 is 2.63 bits per heavy atom. The van der Waals surface area contributed by atoms with Crippen molar-refractivity contribution in [2.24, 2.45) is 5.41 Å². The zero-order valence-electron chi connectivity index (χ0n) is 15.1. The zero-order valence-corrected chi connectivity index (χ0v) is 15.1. The number of Topliss-reactive ketones (excluding diaryl/α,β-unsaturated/α-hetero) is 1. The molecule has 11 nitrogen and oxygen atoms in total. The number of hydrogen-bond acceptors (Lipinski definition) is 10. The lowest BCUT2D eigenvalue weighted by Gasteiger charge is -2.18. The van der Waals surface area contributed by atoms with Crippen LogP contribution >= 0.6 is 0 Å². The van der Waals surface area contributed by atoms with E-state index in [-0.39, 0.29) is 12.4 Å². The van der Waals surface area contributed by atoms with Crippen molar-refractivity contribution < 1.29 is 29.3 Å². The molecule has 146 valence electrons. The maximum atomic E-state index is 11.9. The van der Waals surface area contributed by atoms with E-state index in [1.165, 1.54) is 17.2 Å². The Bertz CT molecular complexity index is 876. The maximum Gasteiger partial charge on any atom is 0.375 e. The first-order valence-corrected chi connectivity index (χ1v) is 8.27. The molecule has 4 N–H and O–H groups in total. The topological polar surface area (TPSA) is 163 Å². The molecule has 0 aromatic carbocycles. The number of rotatable bonds is 4. The lowest BCUT2D eigenvalue weighted by Crippen LogP contribution is -2.37. The quantitative estimate of drug-likeness (QED) is 0.452. The van der Waals surface area contributed by atoms with Crippen LogP contribution in [-0.2, 0) is 19.1 Å². The van der Waals surface area contributed by atoms with Crippen LogP contribution in [-0.4, -0.2) is 66.4 Å². The third-order valence-electron chi connectivity index (χ3n) is 4.24. The SMILES string of the molecule is CC(C)(C)C(=O)C(=O)OC[C@H]1O[C@@H](n2cnc3c(N)ncnc32)[C@H](O)[C@@H]1O. The molecule has 11 heteroatoms. The number of nitrogens with two attached hydrogens (primary N) is 1. The largest absolute Gasteiger partial charge is 0.457 e. The van der Waals surface area contributed by atoms with Crippen LogP contribution in [0.25, 0.3) is 11.2 Å². The van der Waals surface area contributed by atoms with Crippen molar-refractivity contribution >= 4 is 28.7 Å². The van der Waals surface area contributed by atoms with E-state index in [2.05, 4.69) is 15.0 Å².